The van der Waals surface area contributed by atoms with E-state index >= 15 is 0 Å². The lowest BCUT2D eigenvalue weighted by atomic mass is 10.1. The van der Waals surface area contributed by atoms with E-state index in [0.717, 1.165) is 27.7 Å². The van der Waals surface area contributed by atoms with Crippen LogP contribution in [-0.4, -0.2) is 61.6 Å². The fraction of sp³-hybridized carbons (Fsp3) is 0.261. The molecule has 9 nitrogen and oxygen atoms in total. The van der Waals surface area contributed by atoms with Gasteiger partial charge < -0.3 is 14.5 Å². The third-order valence-corrected chi connectivity index (χ3v) is 6.37. The molecule has 0 aliphatic carbocycles. The SMILES string of the molecule is C=CC(=O)N1CCN(c2ncnc3c(Oc4c(Cl)c(C)cc5[nH]ncc45)nccc23)C[C@H]1C. The van der Waals surface area contributed by atoms with Crippen molar-refractivity contribution < 1.29 is 9.53 Å². The summed E-state index contributed by atoms with van der Waals surface area (Å²) >= 11 is 6.58. The number of carbonyl (C=O) groups is 1. The van der Waals surface area contributed by atoms with E-state index in [-0.39, 0.29) is 11.9 Å². The number of amides is 1. The smallest absolute Gasteiger partial charge is 0.246 e. The minimum atomic E-state index is -0.0600. The van der Waals surface area contributed by atoms with Crippen LogP contribution in [0.1, 0.15) is 12.5 Å². The summed E-state index contributed by atoms with van der Waals surface area (Å²) in [4.78, 5) is 29.5. The molecule has 0 bridgehead atoms. The molecule has 0 saturated carbocycles. The Labute approximate surface area is 195 Å². The molecule has 1 amide bonds. The highest BCUT2D eigenvalue weighted by molar-refractivity contribution is 6.34. The van der Waals surface area contributed by atoms with Gasteiger partial charge in [-0.2, -0.15) is 5.10 Å². The highest BCUT2D eigenvalue weighted by atomic mass is 35.5. The molecule has 0 unspecified atom stereocenters. The first-order valence-electron chi connectivity index (χ1n) is 10.6. The molecular weight excluding hydrogens is 442 g/mol. The number of benzene rings is 1. The number of carbonyl (C=O) groups excluding carboxylic acids is 1. The quantitative estimate of drug-likeness (QED) is 0.458. The Hall–Kier alpha value is -3.72. The zero-order chi connectivity index (χ0) is 23.1. The summed E-state index contributed by atoms with van der Waals surface area (Å²) in [6.45, 7) is 9.40. The number of H-pyrrole nitrogens is 1. The number of fused-ring (bicyclic) bond motifs is 2. The molecule has 0 radical (unpaired) electrons. The molecule has 1 aliphatic heterocycles. The topological polar surface area (TPSA) is 100 Å². The standard InChI is InChI=1S/C23H22ClN7O2/c1-4-18(32)31-8-7-30(11-14(31)3)22-15-5-6-25-23(20(15)26-12-27-22)33-21-16-10-28-29-17(16)9-13(2)19(21)24/h4-6,9-10,12,14H,1,7-8,11H2,2-3H3,(H,28,29)/t14-/m1/s1. The summed E-state index contributed by atoms with van der Waals surface area (Å²) in [5.41, 5.74) is 2.26. The average Bonchev–Trinajstić information content (AvgIpc) is 3.29. The lowest BCUT2D eigenvalue weighted by Crippen LogP contribution is -2.54. The van der Waals surface area contributed by atoms with Crippen LogP contribution in [0.25, 0.3) is 21.8 Å². The summed E-state index contributed by atoms with van der Waals surface area (Å²) in [6, 6.07) is 3.81. The molecule has 1 aliphatic rings. The van der Waals surface area contributed by atoms with Crippen molar-refractivity contribution >= 4 is 45.1 Å². The van der Waals surface area contributed by atoms with Crippen LogP contribution >= 0.6 is 11.6 Å². The fourth-order valence-corrected chi connectivity index (χ4v) is 4.43. The number of piperazine rings is 1. The summed E-state index contributed by atoms with van der Waals surface area (Å²) in [7, 11) is 0. The Morgan fingerprint density at radius 2 is 2.15 bits per heavy atom. The second-order valence-electron chi connectivity index (χ2n) is 8.01. The van der Waals surface area contributed by atoms with E-state index in [1.54, 1.807) is 12.4 Å². The number of anilines is 1. The van der Waals surface area contributed by atoms with Crippen molar-refractivity contribution in [1.29, 1.82) is 0 Å². The molecule has 33 heavy (non-hydrogen) atoms. The van der Waals surface area contributed by atoms with E-state index in [1.165, 1.54) is 12.4 Å². The van der Waals surface area contributed by atoms with Gasteiger partial charge in [-0.3, -0.25) is 9.89 Å². The van der Waals surface area contributed by atoms with Gasteiger partial charge in [0.25, 0.3) is 0 Å². The summed E-state index contributed by atoms with van der Waals surface area (Å²) in [5, 5.41) is 9.12. The van der Waals surface area contributed by atoms with Crippen molar-refractivity contribution in [3.63, 3.8) is 0 Å². The molecule has 10 heteroatoms. The fourth-order valence-electron chi connectivity index (χ4n) is 4.23. The Bertz CT molecular complexity index is 1390. The van der Waals surface area contributed by atoms with Crippen LogP contribution in [-0.2, 0) is 4.79 Å². The van der Waals surface area contributed by atoms with Gasteiger partial charge in [-0.05, 0) is 37.6 Å². The second kappa shape index (κ2) is 8.32. The molecule has 5 rings (SSSR count). The number of pyridine rings is 1. The van der Waals surface area contributed by atoms with Gasteiger partial charge in [0.15, 0.2) is 5.75 Å². The van der Waals surface area contributed by atoms with E-state index in [1.807, 2.05) is 30.9 Å². The van der Waals surface area contributed by atoms with Crippen LogP contribution in [0.5, 0.6) is 11.6 Å². The largest absolute Gasteiger partial charge is 0.435 e. The van der Waals surface area contributed by atoms with E-state index in [2.05, 4.69) is 36.6 Å². The molecule has 0 spiro atoms. The maximum absolute atomic E-state index is 12.1. The molecule has 1 N–H and O–H groups in total. The first kappa shape index (κ1) is 21.1. The number of aryl methyl sites for hydroxylation is 1. The number of rotatable bonds is 4. The van der Waals surface area contributed by atoms with Gasteiger partial charge in [0, 0.05) is 37.3 Å². The number of hydrogen-bond acceptors (Lipinski definition) is 7. The first-order valence-corrected chi connectivity index (χ1v) is 10.9. The van der Waals surface area contributed by atoms with Crippen LogP contribution in [0.4, 0.5) is 5.82 Å². The number of aromatic nitrogens is 5. The number of hydrogen-bond donors (Lipinski definition) is 1. The number of nitrogens with one attached hydrogen (secondary N) is 1. The van der Waals surface area contributed by atoms with E-state index in [4.69, 9.17) is 16.3 Å². The van der Waals surface area contributed by atoms with Crippen molar-refractivity contribution in [2.75, 3.05) is 24.5 Å². The number of aromatic amines is 1. The number of ether oxygens (including phenoxy) is 1. The van der Waals surface area contributed by atoms with Gasteiger partial charge in [0.1, 0.15) is 17.7 Å². The van der Waals surface area contributed by atoms with Gasteiger partial charge in [-0.15, -0.1) is 0 Å². The molecule has 4 aromatic rings. The Kier molecular flexibility index (Phi) is 5.33. The molecular formula is C23H22ClN7O2. The normalized spacial score (nSPS) is 16.4. The predicted octanol–water partition coefficient (Wildman–Crippen LogP) is 3.88. The van der Waals surface area contributed by atoms with Gasteiger partial charge in [-0.25, -0.2) is 15.0 Å². The summed E-state index contributed by atoms with van der Waals surface area (Å²) in [6.07, 6.45) is 6.20. The highest BCUT2D eigenvalue weighted by Crippen LogP contribution is 2.40. The van der Waals surface area contributed by atoms with Gasteiger partial charge in [0.2, 0.25) is 11.8 Å². The van der Waals surface area contributed by atoms with Gasteiger partial charge >= 0.3 is 0 Å². The lowest BCUT2D eigenvalue weighted by molar-refractivity contribution is -0.128. The zero-order valence-corrected chi connectivity index (χ0v) is 19.0. The van der Waals surface area contributed by atoms with Crippen LogP contribution in [0.2, 0.25) is 5.02 Å². The first-order chi connectivity index (χ1) is 16.0. The van der Waals surface area contributed by atoms with Crippen LogP contribution in [0, 0.1) is 6.92 Å². The summed E-state index contributed by atoms with van der Waals surface area (Å²) < 4.78 is 6.23. The van der Waals surface area contributed by atoms with Crippen molar-refractivity contribution in [2.24, 2.45) is 0 Å². The monoisotopic (exact) mass is 463 g/mol. The molecule has 3 aromatic heterocycles. The molecule has 1 atom stereocenters. The zero-order valence-electron chi connectivity index (χ0n) is 18.2. The highest BCUT2D eigenvalue weighted by Gasteiger charge is 2.28. The van der Waals surface area contributed by atoms with E-state index in [9.17, 15) is 4.79 Å². The average molecular weight is 464 g/mol. The third-order valence-electron chi connectivity index (χ3n) is 5.90. The van der Waals surface area contributed by atoms with Crippen LogP contribution in [0.15, 0.2) is 43.5 Å². The maximum Gasteiger partial charge on any atom is 0.246 e. The van der Waals surface area contributed by atoms with E-state index < -0.39 is 0 Å². The van der Waals surface area contributed by atoms with Crippen molar-refractivity contribution in [2.45, 2.75) is 19.9 Å². The van der Waals surface area contributed by atoms with Gasteiger partial charge in [0.05, 0.1) is 22.1 Å². The second-order valence-corrected chi connectivity index (χ2v) is 8.39. The van der Waals surface area contributed by atoms with Gasteiger partial charge in [-0.1, -0.05) is 18.2 Å². The minimum Gasteiger partial charge on any atom is -0.435 e. The summed E-state index contributed by atoms with van der Waals surface area (Å²) in [5.74, 6) is 1.52. The molecule has 1 saturated heterocycles. The number of halogens is 1. The lowest BCUT2D eigenvalue weighted by Gasteiger charge is -2.40. The van der Waals surface area contributed by atoms with Crippen LogP contribution in [0.3, 0.4) is 0 Å². The Balaban J connectivity index is 1.53. The molecule has 1 fully saturated rings. The third kappa shape index (κ3) is 3.64. The van der Waals surface area contributed by atoms with E-state index in [0.29, 0.717) is 41.8 Å². The Morgan fingerprint density at radius 1 is 1.30 bits per heavy atom. The van der Waals surface area contributed by atoms with Crippen LogP contribution < -0.4 is 9.64 Å². The van der Waals surface area contributed by atoms with Crippen molar-refractivity contribution in [3.05, 3.63) is 54.1 Å². The maximum atomic E-state index is 12.1. The molecule has 168 valence electrons. The Morgan fingerprint density at radius 3 is 2.94 bits per heavy atom. The predicted molar refractivity (Wildman–Crippen MR) is 127 cm³/mol. The molecule has 1 aromatic carbocycles. The molecule has 4 heterocycles. The van der Waals surface area contributed by atoms with Crippen molar-refractivity contribution in [3.8, 4) is 11.6 Å². The number of nitrogens with zero attached hydrogens (tertiary/aromatic N) is 6. The minimum absolute atomic E-state index is 0.0206. The van der Waals surface area contributed by atoms with Crippen molar-refractivity contribution in [1.82, 2.24) is 30.0 Å².